The number of anilines is 1. The molecule has 0 aliphatic carbocycles. The molecule has 0 amide bonds. The molecule has 0 aliphatic rings. The Labute approximate surface area is 101 Å². The van der Waals surface area contributed by atoms with Crippen molar-refractivity contribution in [2.24, 2.45) is 0 Å². The summed E-state index contributed by atoms with van der Waals surface area (Å²) < 4.78 is 0. The minimum absolute atomic E-state index is 0.418. The Balaban J connectivity index is 2.76. The summed E-state index contributed by atoms with van der Waals surface area (Å²) in [6.45, 7) is 1.19. The lowest BCUT2D eigenvalue weighted by Gasteiger charge is -2.22. The van der Waals surface area contributed by atoms with E-state index in [0.717, 1.165) is 12.0 Å². The lowest BCUT2D eigenvalue weighted by molar-refractivity contribution is 0.112. The summed E-state index contributed by atoms with van der Waals surface area (Å²) in [5.74, 6) is 0. The average Bonchev–Trinajstić information content (AvgIpc) is 2.39. The van der Waals surface area contributed by atoms with Crippen LogP contribution in [0.4, 0.5) is 5.69 Å². The summed E-state index contributed by atoms with van der Waals surface area (Å²) in [7, 11) is 0. The van der Waals surface area contributed by atoms with Crippen LogP contribution in [0.5, 0.6) is 0 Å². The third-order valence-corrected chi connectivity index (χ3v) is 2.38. The summed E-state index contributed by atoms with van der Waals surface area (Å²) in [5, 5.41) is 17.2. The van der Waals surface area contributed by atoms with Crippen molar-refractivity contribution in [3.63, 3.8) is 0 Å². The molecule has 0 N–H and O–H groups in total. The molecule has 0 atom stereocenters. The molecule has 4 heteroatoms. The first-order valence-electron chi connectivity index (χ1n) is 5.36. The van der Waals surface area contributed by atoms with Gasteiger partial charge in [-0.1, -0.05) is 0 Å². The van der Waals surface area contributed by atoms with Crippen molar-refractivity contribution < 1.29 is 4.79 Å². The molecular formula is C13H13N3O. The van der Waals surface area contributed by atoms with Crippen molar-refractivity contribution in [2.75, 3.05) is 18.0 Å². The normalized spacial score (nSPS) is 9.06. The van der Waals surface area contributed by atoms with E-state index in [0.29, 0.717) is 31.5 Å². The van der Waals surface area contributed by atoms with Gasteiger partial charge in [0, 0.05) is 24.3 Å². The van der Waals surface area contributed by atoms with Crippen LogP contribution in [0.15, 0.2) is 24.3 Å². The Kier molecular flexibility index (Phi) is 5.27. The fraction of sp³-hybridized carbons (Fsp3) is 0.308. The van der Waals surface area contributed by atoms with Crippen molar-refractivity contribution in [1.29, 1.82) is 10.5 Å². The second-order valence-corrected chi connectivity index (χ2v) is 3.51. The number of rotatable bonds is 6. The maximum absolute atomic E-state index is 10.5. The van der Waals surface area contributed by atoms with Gasteiger partial charge in [-0.3, -0.25) is 4.79 Å². The highest BCUT2D eigenvalue weighted by Gasteiger charge is 2.05. The summed E-state index contributed by atoms with van der Waals surface area (Å²) in [6, 6.07) is 11.3. The first-order valence-corrected chi connectivity index (χ1v) is 5.36. The van der Waals surface area contributed by atoms with E-state index in [-0.39, 0.29) is 0 Å². The van der Waals surface area contributed by atoms with Crippen molar-refractivity contribution in [3.05, 3.63) is 29.8 Å². The Morgan fingerprint density at radius 2 is 1.59 bits per heavy atom. The Morgan fingerprint density at radius 1 is 1.06 bits per heavy atom. The number of hydrogen-bond donors (Lipinski definition) is 0. The molecule has 0 fully saturated rings. The number of benzene rings is 1. The molecule has 0 heterocycles. The second kappa shape index (κ2) is 7.03. The molecule has 0 saturated carbocycles. The van der Waals surface area contributed by atoms with Crippen LogP contribution in [0.25, 0.3) is 0 Å². The maximum atomic E-state index is 10.5. The van der Waals surface area contributed by atoms with Gasteiger partial charge in [-0.05, 0) is 24.3 Å². The van der Waals surface area contributed by atoms with E-state index in [9.17, 15) is 4.79 Å². The first kappa shape index (κ1) is 12.7. The standard InChI is InChI=1S/C13H13N3O/c14-7-1-9-16(10-2-8-15)13-5-3-12(11-17)4-6-13/h3-6,11H,1-2,9-10H2. The molecule has 0 bridgehead atoms. The third kappa shape index (κ3) is 3.96. The van der Waals surface area contributed by atoms with Crippen LogP contribution in [-0.4, -0.2) is 19.4 Å². The first-order chi connectivity index (χ1) is 8.31. The molecule has 1 rings (SSSR count). The van der Waals surface area contributed by atoms with Crippen molar-refractivity contribution >= 4 is 12.0 Å². The van der Waals surface area contributed by atoms with E-state index >= 15 is 0 Å². The van der Waals surface area contributed by atoms with Crippen molar-refractivity contribution in [3.8, 4) is 12.1 Å². The highest BCUT2D eigenvalue weighted by atomic mass is 16.1. The molecule has 0 radical (unpaired) electrons. The van der Waals surface area contributed by atoms with Gasteiger partial charge in [0.05, 0.1) is 25.0 Å². The van der Waals surface area contributed by atoms with Gasteiger partial charge in [0.15, 0.2) is 0 Å². The fourth-order valence-corrected chi connectivity index (χ4v) is 1.50. The Bertz CT molecular complexity index is 421. The molecule has 0 unspecified atom stereocenters. The van der Waals surface area contributed by atoms with Crippen LogP contribution in [0, 0.1) is 22.7 Å². The molecule has 1 aromatic carbocycles. The Hall–Kier alpha value is -2.33. The van der Waals surface area contributed by atoms with Gasteiger partial charge < -0.3 is 4.90 Å². The van der Waals surface area contributed by atoms with E-state index in [1.54, 1.807) is 12.1 Å². The van der Waals surface area contributed by atoms with Gasteiger partial charge in [-0.2, -0.15) is 10.5 Å². The summed E-state index contributed by atoms with van der Waals surface area (Å²) in [6.07, 6.45) is 1.63. The van der Waals surface area contributed by atoms with E-state index < -0.39 is 0 Å². The molecule has 86 valence electrons. The predicted octanol–water partition coefficient (Wildman–Crippen LogP) is 2.13. The quantitative estimate of drug-likeness (QED) is 0.698. The smallest absolute Gasteiger partial charge is 0.150 e. The molecule has 0 aliphatic heterocycles. The average molecular weight is 227 g/mol. The zero-order valence-corrected chi connectivity index (χ0v) is 9.47. The van der Waals surface area contributed by atoms with E-state index in [2.05, 4.69) is 12.1 Å². The monoisotopic (exact) mass is 227 g/mol. The number of hydrogen-bond acceptors (Lipinski definition) is 4. The molecule has 1 aromatic rings. The highest BCUT2D eigenvalue weighted by Crippen LogP contribution is 2.15. The minimum atomic E-state index is 0.418. The number of aldehydes is 1. The van der Waals surface area contributed by atoms with Crippen LogP contribution in [0.2, 0.25) is 0 Å². The van der Waals surface area contributed by atoms with Gasteiger partial charge >= 0.3 is 0 Å². The molecule has 0 saturated heterocycles. The fourth-order valence-electron chi connectivity index (χ4n) is 1.50. The van der Waals surface area contributed by atoms with Crippen LogP contribution in [0.3, 0.4) is 0 Å². The predicted molar refractivity (Wildman–Crippen MR) is 64.5 cm³/mol. The number of nitrogens with zero attached hydrogens (tertiary/aromatic N) is 3. The summed E-state index contributed by atoms with van der Waals surface area (Å²) in [4.78, 5) is 12.5. The molecule has 4 nitrogen and oxygen atoms in total. The zero-order chi connectivity index (χ0) is 12.5. The van der Waals surface area contributed by atoms with Crippen LogP contribution in [-0.2, 0) is 0 Å². The van der Waals surface area contributed by atoms with Gasteiger partial charge in [-0.25, -0.2) is 0 Å². The van der Waals surface area contributed by atoms with Crippen LogP contribution >= 0.6 is 0 Å². The van der Waals surface area contributed by atoms with E-state index in [4.69, 9.17) is 10.5 Å². The topological polar surface area (TPSA) is 67.9 Å². The molecular weight excluding hydrogens is 214 g/mol. The Morgan fingerprint density at radius 3 is 2.00 bits per heavy atom. The molecule has 0 spiro atoms. The van der Waals surface area contributed by atoms with Gasteiger partial charge in [0.1, 0.15) is 6.29 Å². The maximum Gasteiger partial charge on any atom is 0.150 e. The lowest BCUT2D eigenvalue weighted by Crippen LogP contribution is -2.25. The third-order valence-electron chi connectivity index (χ3n) is 2.38. The van der Waals surface area contributed by atoms with Gasteiger partial charge in [0.25, 0.3) is 0 Å². The van der Waals surface area contributed by atoms with Crippen molar-refractivity contribution in [2.45, 2.75) is 12.8 Å². The van der Waals surface area contributed by atoms with E-state index in [1.807, 2.05) is 17.0 Å². The number of carbonyl (C=O) groups is 1. The number of nitriles is 2. The minimum Gasteiger partial charge on any atom is -0.369 e. The largest absolute Gasteiger partial charge is 0.369 e. The van der Waals surface area contributed by atoms with Crippen LogP contribution in [0.1, 0.15) is 23.2 Å². The van der Waals surface area contributed by atoms with Crippen LogP contribution < -0.4 is 4.90 Å². The van der Waals surface area contributed by atoms with Gasteiger partial charge in [0.2, 0.25) is 0 Å². The van der Waals surface area contributed by atoms with E-state index in [1.165, 1.54) is 0 Å². The zero-order valence-electron chi connectivity index (χ0n) is 9.47. The molecule has 17 heavy (non-hydrogen) atoms. The SMILES string of the molecule is N#CCCN(CCC#N)c1ccc(C=O)cc1. The molecule has 0 aromatic heterocycles. The van der Waals surface area contributed by atoms with Crippen molar-refractivity contribution in [1.82, 2.24) is 0 Å². The highest BCUT2D eigenvalue weighted by molar-refractivity contribution is 5.75. The lowest BCUT2D eigenvalue weighted by atomic mass is 10.2. The summed E-state index contributed by atoms with van der Waals surface area (Å²) >= 11 is 0. The number of carbonyl (C=O) groups excluding carboxylic acids is 1. The summed E-state index contributed by atoms with van der Waals surface area (Å²) in [5.41, 5.74) is 1.55. The van der Waals surface area contributed by atoms with Gasteiger partial charge in [-0.15, -0.1) is 0 Å². The second-order valence-electron chi connectivity index (χ2n) is 3.51.